The standard InChI is InChI=1S/C22H14Cl2N4O6/c23-15-10-27(32)11-16(24)19(15)25-22(31)21(30)14-9-26(20-13(14)5-3-7-18(20)29)8-12-4-1-2-6-17(12)28(33)34/h1-7,9-11,29H,8H2,(H,25,31). The van der Waals surface area contributed by atoms with Crippen molar-refractivity contribution < 1.29 is 24.3 Å². The van der Waals surface area contributed by atoms with Crippen LogP contribution in [0, 0.1) is 15.3 Å². The van der Waals surface area contributed by atoms with E-state index in [2.05, 4.69) is 5.32 Å². The summed E-state index contributed by atoms with van der Waals surface area (Å²) in [4.78, 5) is 36.6. The molecule has 2 aromatic heterocycles. The van der Waals surface area contributed by atoms with Crippen molar-refractivity contribution in [2.24, 2.45) is 0 Å². The molecule has 0 unspecified atom stereocenters. The molecule has 0 fully saturated rings. The third-order valence-electron chi connectivity index (χ3n) is 5.05. The van der Waals surface area contributed by atoms with Gasteiger partial charge in [0.1, 0.15) is 15.8 Å². The topological polar surface area (TPSA) is 141 Å². The van der Waals surface area contributed by atoms with Crippen molar-refractivity contribution in [1.82, 2.24) is 4.57 Å². The molecule has 0 aliphatic rings. The lowest BCUT2D eigenvalue weighted by molar-refractivity contribution is -0.605. The Morgan fingerprint density at radius 1 is 1.09 bits per heavy atom. The van der Waals surface area contributed by atoms with Crippen LogP contribution in [0.3, 0.4) is 0 Å². The Balaban J connectivity index is 1.74. The van der Waals surface area contributed by atoms with Gasteiger partial charge in [-0.15, -0.1) is 0 Å². The number of nitrogens with one attached hydrogen (secondary N) is 1. The number of aromatic hydroxyl groups is 1. The lowest BCUT2D eigenvalue weighted by Gasteiger charge is -2.08. The van der Waals surface area contributed by atoms with Crippen LogP contribution in [-0.4, -0.2) is 26.3 Å². The van der Waals surface area contributed by atoms with Crippen LogP contribution in [0.2, 0.25) is 10.0 Å². The zero-order valence-electron chi connectivity index (χ0n) is 17.1. The van der Waals surface area contributed by atoms with Crippen molar-refractivity contribution in [2.75, 3.05) is 5.32 Å². The maximum atomic E-state index is 13.0. The van der Waals surface area contributed by atoms with Crippen molar-refractivity contribution in [3.05, 3.63) is 97.5 Å². The molecule has 0 saturated heterocycles. The van der Waals surface area contributed by atoms with Crippen LogP contribution in [0.1, 0.15) is 15.9 Å². The van der Waals surface area contributed by atoms with Crippen LogP contribution in [0.4, 0.5) is 11.4 Å². The molecule has 0 radical (unpaired) electrons. The lowest BCUT2D eigenvalue weighted by Crippen LogP contribution is -2.27. The van der Waals surface area contributed by atoms with E-state index < -0.39 is 16.6 Å². The van der Waals surface area contributed by atoms with E-state index in [9.17, 15) is 30.0 Å². The fraction of sp³-hybridized carbons (Fsp3) is 0.0455. The number of hydrogen-bond donors (Lipinski definition) is 2. The highest BCUT2D eigenvalue weighted by atomic mass is 35.5. The molecule has 12 heteroatoms. The first-order valence-electron chi connectivity index (χ1n) is 9.64. The van der Waals surface area contributed by atoms with Gasteiger partial charge < -0.3 is 20.2 Å². The summed E-state index contributed by atoms with van der Waals surface area (Å²) in [6, 6.07) is 10.5. The number of para-hydroxylation sites is 2. The first kappa shape index (κ1) is 23.0. The molecule has 4 rings (SSSR count). The van der Waals surface area contributed by atoms with E-state index in [1.807, 2.05) is 0 Å². The van der Waals surface area contributed by atoms with Gasteiger partial charge in [0.15, 0.2) is 0 Å². The molecule has 2 heterocycles. The molecule has 0 saturated carbocycles. The van der Waals surface area contributed by atoms with Gasteiger partial charge in [0.25, 0.3) is 17.4 Å². The van der Waals surface area contributed by atoms with Crippen LogP contribution < -0.4 is 10.0 Å². The minimum Gasteiger partial charge on any atom is -0.619 e. The number of hydrogen-bond acceptors (Lipinski definition) is 6. The Bertz CT molecular complexity index is 1460. The molecular weight excluding hydrogens is 487 g/mol. The number of carbonyl (C=O) groups is 2. The highest BCUT2D eigenvalue weighted by Gasteiger charge is 2.26. The summed E-state index contributed by atoms with van der Waals surface area (Å²) >= 11 is 11.9. The average Bonchev–Trinajstić information content (AvgIpc) is 3.15. The maximum Gasteiger partial charge on any atom is 0.296 e. The molecule has 34 heavy (non-hydrogen) atoms. The first-order valence-corrected chi connectivity index (χ1v) is 10.4. The monoisotopic (exact) mass is 500 g/mol. The van der Waals surface area contributed by atoms with Gasteiger partial charge in [0, 0.05) is 23.2 Å². The number of nitro benzene ring substituents is 1. The molecule has 10 nitrogen and oxygen atoms in total. The number of halogens is 2. The number of carbonyl (C=O) groups excluding carboxylic acids is 2. The number of ketones is 1. The van der Waals surface area contributed by atoms with E-state index in [1.54, 1.807) is 12.1 Å². The van der Waals surface area contributed by atoms with Gasteiger partial charge in [0.05, 0.1) is 28.2 Å². The lowest BCUT2D eigenvalue weighted by atomic mass is 10.1. The number of nitrogens with zero attached hydrogens (tertiary/aromatic N) is 3. The number of benzene rings is 2. The average molecular weight is 501 g/mol. The van der Waals surface area contributed by atoms with Gasteiger partial charge in [-0.3, -0.25) is 19.7 Å². The third kappa shape index (κ3) is 4.24. The molecule has 0 spiro atoms. The molecule has 1 amide bonds. The van der Waals surface area contributed by atoms with Gasteiger partial charge in [-0.2, -0.15) is 4.73 Å². The van der Waals surface area contributed by atoms with Crippen molar-refractivity contribution in [3.8, 4) is 5.75 Å². The molecule has 0 atom stereocenters. The second-order valence-corrected chi connectivity index (χ2v) is 8.02. The Labute approximate surface area is 201 Å². The van der Waals surface area contributed by atoms with E-state index in [4.69, 9.17) is 23.2 Å². The van der Waals surface area contributed by atoms with Gasteiger partial charge in [-0.05, 0) is 6.07 Å². The summed E-state index contributed by atoms with van der Waals surface area (Å²) in [5.41, 5.74) is 0.267. The summed E-state index contributed by atoms with van der Waals surface area (Å²) in [7, 11) is 0. The summed E-state index contributed by atoms with van der Waals surface area (Å²) in [5.74, 6) is -2.23. The second kappa shape index (κ2) is 9.00. The SMILES string of the molecule is O=C(Nc1c(Cl)c[n+]([O-])cc1Cl)C(=O)c1cn(Cc2ccccc2[N+](=O)[O-])c2c(O)cccc12. The number of pyridine rings is 1. The summed E-state index contributed by atoms with van der Waals surface area (Å²) in [6.07, 6.45) is 3.26. The highest BCUT2D eigenvalue weighted by molar-refractivity contribution is 6.50. The number of phenols is 1. The Kier molecular flexibility index (Phi) is 6.10. The van der Waals surface area contributed by atoms with E-state index in [0.29, 0.717) is 10.3 Å². The van der Waals surface area contributed by atoms with Crippen molar-refractivity contribution in [1.29, 1.82) is 0 Å². The first-order chi connectivity index (χ1) is 16.2. The molecule has 0 bridgehead atoms. The van der Waals surface area contributed by atoms with E-state index in [-0.39, 0.29) is 50.2 Å². The quantitative estimate of drug-likeness (QED) is 0.102. The number of aromatic nitrogens is 2. The van der Waals surface area contributed by atoms with Crippen molar-refractivity contribution >= 4 is 57.2 Å². The van der Waals surface area contributed by atoms with Crippen LogP contribution >= 0.6 is 23.2 Å². The van der Waals surface area contributed by atoms with E-state index >= 15 is 0 Å². The second-order valence-electron chi connectivity index (χ2n) is 7.20. The van der Waals surface area contributed by atoms with Gasteiger partial charge in [0.2, 0.25) is 12.4 Å². The molecule has 0 aliphatic carbocycles. The van der Waals surface area contributed by atoms with Crippen molar-refractivity contribution in [2.45, 2.75) is 6.54 Å². The number of Topliss-reactive ketones (excluding diaryl/α,β-unsaturated/α-hetero) is 1. The zero-order chi connectivity index (χ0) is 24.6. The van der Waals surface area contributed by atoms with Gasteiger partial charge >= 0.3 is 0 Å². The van der Waals surface area contributed by atoms with Crippen LogP contribution in [0.15, 0.2) is 61.1 Å². The number of nitro groups is 1. The predicted octanol–water partition coefficient (Wildman–Crippen LogP) is 4.07. The predicted molar refractivity (Wildman–Crippen MR) is 124 cm³/mol. The smallest absolute Gasteiger partial charge is 0.296 e. The van der Waals surface area contributed by atoms with Gasteiger partial charge in [-0.25, -0.2) is 0 Å². The Morgan fingerprint density at radius 3 is 2.44 bits per heavy atom. The minimum atomic E-state index is -1.08. The van der Waals surface area contributed by atoms with E-state index in [0.717, 1.165) is 12.4 Å². The Hall–Kier alpha value is -4.15. The number of phenolic OH excluding ortho intramolecular Hbond substituents is 1. The largest absolute Gasteiger partial charge is 0.619 e. The molecular formula is C22H14Cl2N4O6. The summed E-state index contributed by atoms with van der Waals surface area (Å²) in [6.45, 7) is -0.0417. The third-order valence-corrected chi connectivity index (χ3v) is 5.63. The molecule has 2 N–H and O–H groups in total. The normalized spacial score (nSPS) is 10.9. The summed E-state index contributed by atoms with van der Waals surface area (Å²) in [5, 5.41) is 35.5. The molecule has 0 aliphatic heterocycles. The number of amides is 1. The maximum absolute atomic E-state index is 13.0. The van der Waals surface area contributed by atoms with Crippen LogP contribution in [0.25, 0.3) is 10.9 Å². The molecule has 2 aromatic carbocycles. The van der Waals surface area contributed by atoms with Crippen molar-refractivity contribution in [3.63, 3.8) is 0 Å². The molecule has 4 aromatic rings. The fourth-order valence-electron chi connectivity index (χ4n) is 3.57. The highest BCUT2D eigenvalue weighted by Crippen LogP contribution is 2.32. The molecule has 172 valence electrons. The number of rotatable bonds is 6. The minimum absolute atomic E-state index is 0.0417. The summed E-state index contributed by atoms with van der Waals surface area (Å²) < 4.78 is 1.80. The Morgan fingerprint density at radius 2 is 1.76 bits per heavy atom. The number of fused-ring (bicyclic) bond motifs is 1. The van der Waals surface area contributed by atoms with Crippen LogP contribution in [0.5, 0.6) is 5.75 Å². The van der Waals surface area contributed by atoms with E-state index in [1.165, 1.54) is 41.1 Å². The van der Waals surface area contributed by atoms with Gasteiger partial charge in [-0.1, -0.05) is 53.5 Å². The fourth-order valence-corrected chi connectivity index (χ4v) is 4.11. The zero-order valence-corrected chi connectivity index (χ0v) is 18.6. The number of anilines is 1. The van der Waals surface area contributed by atoms with Crippen LogP contribution in [-0.2, 0) is 11.3 Å².